The molecule has 2 aromatic heterocycles. The van der Waals surface area contributed by atoms with E-state index < -0.39 is 12.3 Å². The number of nitrogens with one attached hydrogen (secondary N) is 2. The number of halogens is 3. The molecule has 1 aliphatic heterocycles. The molecule has 2 aromatic rings. The van der Waals surface area contributed by atoms with Crippen LogP contribution < -0.4 is 10.6 Å². The molecule has 9 heteroatoms. The molecular weight excluding hydrogens is 396 g/mol. The number of hydrogen-bond acceptors (Lipinski definition) is 4. The molecular formula is C16H12BrF2N5O. The molecule has 1 fully saturated rings. The third kappa shape index (κ3) is 3.07. The van der Waals surface area contributed by atoms with Crippen molar-refractivity contribution in [1.82, 2.24) is 14.8 Å². The van der Waals surface area contributed by atoms with Crippen LogP contribution in [0.25, 0.3) is 5.70 Å². The molecule has 0 aromatic carbocycles. The highest BCUT2D eigenvalue weighted by Gasteiger charge is 2.30. The Balaban J connectivity index is 1.67. The summed E-state index contributed by atoms with van der Waals surface area (Å²) in [6.45, 7) is 0. The highest BCUT2D eigenvalue weighted by atomic mass is 79.9. The van der Waals surface area contributed by atoms with Crippen molar-refractivity contribution in [3.05, 3.63) is 51.9 Å². The van der Waals surface area contributed by atoms with Crippen molar-refractivity contribution in [2.75, 3.05) is 10.6 Å². The van der Waals surface area contributed by atoms with Gasteiger partial charge in [-0.15, -0.1) is 0 Å². The van der Waals surface area contributed by atoms with E-state index in [1.807, 2.05) is 0 Å². The van der Waals surface area contributed by atoms with Gasteiger partial charge in [-0.3, -0.25) is 4.79 Å². The number of fused-ring (bicyclic) bond motifs is 1. The van der Waals surface area contributed by atoms with Crippen LogP contribution in [-0.2, 0) is 0 Å². The first-order valence-electron chi connectivity index (χ1n) is 7.53. The summed E-state index contributed by atoms with van der Waals surface area (Å²) in [5.74, 6) is 0.121. The molecule has 0 unspecified atom stereocenters. The maximum absolute atomic E-state index is 13.4. The Kier molecular flexibility index (Phi) is 3.87. The van der Waals surface area contributed by atoms with Crippen molar-refractivity contribution >= 4 is 39.2 Å². The highest BCUT2D eigenvalue weighted by molar-refractivity contribution is 9.10. The fourth-order valence-corrected chi connectivity index (χ4v) is 2.75. The summed E-state index contributed by atoms with van der Waals surface area (Å²) in [4.78, 5) is 16.6. The minimum Gasteiger partial charge on any atom is -0.339 e. The monoisotopic (exact) mass is 407 g/mol. The average Bonchev–Trinajstić information content (AvgIpc) is 3.35. The third-order valence-corrected chi connectivity index (χ3v) is 4.35. The maximum atomic E-state index is 13.4. The van der Waals surface area contributed by atoms with E-state index in [9.17, 15) is 13.6 Å². The fourth-order valence-electron chi connectivity index (χ4n) is 2.51. The molecule has 2 N–H and O–H groups in total. The smallest absolute Gasteiger partial charge is 0.280 e. The molecule has 0 atom stereocenters. The molecule has 0 spiro atoms. The average molecular weight is 408 g/mol. The number of hydrogen-bond donors (Lipinski definition) is 2. The van der Waals surface area contributed by atoms with Crippen molar-refractivity contribution in [3.8, 4) is 0 Å². The molecule has 0 radical (unpaired) electrons. The lowest BCUT2D eigenvalue weighted by molar-refractivity contribution is 0.102. The van der Waals surface area contributed by atoms with Crippen LogP contribution in [0.5, 0.6) is 0 Å². The largest absolute Gasteiger partial charge is 0.339 e. The standard InChI is InChI=1S/C16H12BrF2N5O/c17-9-3-4-13(20-6-9)23-16(25)10-7-21-24-12(14(18)19)5-11(8-1-2-8)22-15(10)24/h3-7,14,22H,1-2H2,(H,20,23,25). The number of nitrogens with zero attached hydrogens (tertiary/aromatic N) is 3. The summed E-state index contributed by atoms with van der Waals surface area (Å²) in [5, 5.41) is 9.63. The zero-order chi connectivity index (χ0) is 17.6. The van der Waals surface area contributed by atoms with Gasteiger partial charge >= 0.3 is 0 Å². The molecule has 1 aliphatic carbocycles. The normalized spacial score (nSPS) is 15.6. The minimum atomic E-state index is -2.70. The lowest BCUT2D eigenvalue weighted by Gasteiger charge is -2.20. The molecule has 1 saturated carbocycles. The van der Waals surface area contributed by atoms with Crippen LogP contribution >= 0.6 is 15.9 Å². The maximum Gasteiger partial charge on any atom is 0.280 e. The zero-order valence-corrected chi connectivity index (χ0v) is 14.3. The van der Waals surface area contributed by atoms with E-state index in [2.05, 4.69) is 36.6 Å². The second kappa shape index (κ2) is 6.07. The van der Waals surface area contributed by atoms with Crippen molar-refractivity contribution in [3.63, 3.8) is 0 Å². The number of rotatable bonds is 3. The van der Waals surface area contributed by atoms with Gasteiger partial charge in [0.05, 0.1) is 6.20 Å². The third-order valence-electron chi connectivity index (χ3n) is 3.88. The Bertz CT molecular complexity index is 911. The van der Waals surface area contributed by atoms with E-state index in [0.29, 0.717) is 11.5 Å². The Labute approximate surface area is 149 Å². The number of amides is 1. The molecule has 4 rings (SSSR count). The van der Waals surface area contributed by atoms with Gasteiger partial charge in [0, 0.05) is 16.4 Å². The fraction of sp³-hybridized carbons (Fsp3) is 0.188. The van der Waals surface area contributed by atoms with Gasteiger partial charge in [-0.1, -0.05) is 0 Å². The quantitative estimate of drug-likeness (QED) is 0.809. The van der Waals surface area contributed by atoms with Crippen molar-refractivity contribution < 1.29 is 13.6 Å². The van der Waals surface area contributed by atoms with Crippen LogP contribution in [0.15, 0.2) is 46.3 Å². The topological polar surface area (TPSA) is 71.8 Å². The van der Waals surface area contributed by atoms with Crippen molar-refractivity contribution in [2.45, 2.75) is 19.3 Å². The molecule has 0 saturated heterocycles. The molecule has 25 heavy (non-hydrogen) atoms. The number of allylic oxidation sites excluding steroid dienone is 3. The number of aromatic nitrogens is 3. The van der Waals surface area contributed by atoms with E-state index in [-0.39, 0.29) is 17.1 Å². The van der Waals surface area contributed by atoms with Gasteiger partial charge in [0.15, 0.2) is 0 Å². The van der Waals surface area contributed by atoms with Crippen LogP contribution in [0.1, 0.15) is 23.2 Å². The Morgan fingerprint density at radius 1 is 1.32 bits per heavy atom. The minimum absolute atomic E-state index is 0.176. The zero-order valence-electron chi connectivity index (χ0n) is 12.8. The van der Waals surface area contributed by atoms with Gasteiger partial charge in [0.2, 0.25) is 0 Å². The first-order chi connectivity index (χ1) is 12.0. The van der Waals surface area contributed by atoms with Gasteiger partial charge in [0.25, 0.3) is 12.3 Å². The summed E-state index contributed by atoms with van der Waals surface area (Å²) in [7, 11) is 0. The predicted octanol–water partition coefficient (Wildman–Crippen LogP) is 3.87. The van der Waals surface area contributed by atoms with E-state index in [1.54, 1.807) is 18.3 Å². The van der Waals surface area contributed by atoms with Gasteiger partial charge in [-0.2, -0.15) is 5.10 Å². The lowest BCUT2D eigenvalue weighted by Crippen LogP contribution is -2.20. The number of carbonyl (C=O) groups excluding carboxylic acids is 1. The van der Waals surface area contributed by atoms with E-state index >= 15 is 0 Å². The molecule has 1 amide bonds. The van der Waals surface area contributed by atoms with Crippen molar-refractivity contribution in [2.24, 2.45) is 0 Å². The first-order valence-corrected chi connectivity index (χ1v) is 8.32. The van der Waals surface area contributed by atoms with Gasteiger partial charge in [-0.05, 0) is 52.6 Å². The number of anilines is 2. The molecule has 0 bridgehead atoms. The predicted molar refractivity (Wildman–Crippen MR) is 92.3 cm³/mol. The second-order valence-corrected chi connectivity index (χ2v) is 6.56. The van der Waals surface area contributed by atoms with E-state index in [0.717, 1.165) is 27.6 Å². The van der Waals surface area contributed by atoms with Crippen LogP contribution in [0.2, 0.25) is 0 Å². The summed E-state index contributed by atoms with van der Waals surface area (Å²) in [6, 6.07) is 3.37. The van der Waals surface area contributed by atoms with Gasteiger partial charge in [0.1, 0.15) is 22.9 Å². The lowest BCUT2D eigenvalue weighted by atomic mass is 10.2. The van der Waals surface area contributed by atoms with Crippen LogP contribution in [0.4, 0.5) is 20.4 Å². The summed E-state index contributed by atoms with van der Waals surface area (Å²) in [6.07, 6.45) is 3.26. The van der Waals surface area contributed by atoms with Gasteiger partial charge < -0.3 is 10.6 Å². The number of carbonyl (C=O) groups is 1. The van der Waals surface area contributed by atoms with Crippen LogP contribution in [0.3, 0.4) is 0 Å². The van der Waals surface area contributed by atoms with E-state index in [1.165, 1.54) is 12.3 Å². The number of alkyl halides is 2. The molecule has 2 aliphatic rings. The Morgan fingerprint density at radius 2 is 2.12 bits per heavy atom. The Hall–Kier alpha value is -2.55. The Morgan fingerprint density at radius 3 is 2.76 bits per heavy atom. The summed E-state index contributed by atoms with van der Waals surface area (Å²) >= 11 is 3.26. The van der Waals surface area contributed by atoms with Crippen LogP contribution in [-0.4, -0.2) is 27.1 Å². The highest BCUT2D eigenvalue weighted by Crippen LogP contribution is 2.38. The van der Waals surface area contributed by atoms with E-state index in [4.69, 9.17) is 0 Å². The molecule has 6 nitrogen and oxygen atoms in total. The van der Waals surface area contributed by atoms with Gasteiger partial charge in [-0.25, -0.2) is 18.4 Å². The molecule has 3 heterocycles. The second-order valence-electron chi connectivity index (χ2n) is 5.65. The first kappa shape index (κ1) is 15.9. The number of pyridine rings is 1. The SMILES string of the molecule is O=C(Nc1ccc(Br)cn1)c1cnn2c1NC(=C1CC1)C=C2C(F)F. The summed E-state index contributed by atoms with van der Waals surface area (Å²) in [5.41, 5.74) is 1.62. The summed E-state index contributed by atoms with van der Waals surface area (Å²) < 4.78 is 28.6. The molecule has 128 valence electrons. The van der Waals surface area contributed by atoms with Crippen molar-refractivity contribution in [1.29, 1.82) is 0 Å². The van der Waals surface area contributed by atoms with Crippen LogP contribution in [0, 0.1) is 0 Å².